The highest BCUT2D eigenvalue weighted by molar-refractivity contribution is 7.26. The van der Waals surface area contributed by atoms with Gasteiger partial charge in [0.1, 0.15) is 0 Å². The quantitative estimate of drug-likeness (QED) is 0.193. The minimum atomic E-state index is 0.934. The molecule has 0 aliphatic heterocycles. The molecule has 0 spiro atoms. The molecule has 0 N–H and O–H groups in total. The van der Waals surface area contributed by atoms with Gasteiger partial charge >= 0.3 is 0 Å². The summed E-state index contributed by atoms with van der Waals surface area (Å²) in [7, 11) is 0. The molecule has 214 valence electrons. The van der Waals surface area contributed by atoms with E-state index < -0.39 is 0 Å². The summed E-state index contributed by atoms with van der Waals surface area (Å²) in [5.41, 5.74) is 8.54. The number of aromatic nitrogens is 4. The van der Waals surface area contributed by atoms with Crippen molar-refractivity contribution in [3.8, 4) is 11.6 Å². The lowest BCUT2D eigenvalue weighted by Crippen LogP contribution is -2.21. The van der Waals surface area contributed by atoms with E-state index in [0.717, 1.165) is 35.5 Å². The number of aryl methyl sites for hydroxylation is 1. The van der Waals surface area contributed by atoms with Crippen LogP contribution in [0.2, 0.25) is 0 Å². The van der Waals surface area contributed by atoms with Crippen LogP contribution in [0.1, 0.15) is 12.1 Å². The van der Waals surface area contributed by atoms with Gasteiger partial charge in [-0.25, -0.2) is 4.98 Å². The van der Waals surface area contributed by atoms with Gasteiger partial charge in [0.05, 0.1) is 38.6 Å². The Hall–Kier alpha value is -5.65. The number of hydrogen-bond donors (Lipinski definition) is 0. The van der Waals surface area contributed by atoms with Crippen LogP contribution < -0.4 is 5.35 Å². The van der Waals surface area contributed by atoms with E-state index in [4.69, 9.17) is 4.98 Å². The highest BCUT2D eigenvalue weighted by Crippen LogP contribution is 2.48. The van der Waals surface area contributed by atoms with Crippen LogP contribution in [0, 0.1) is 0 Å². The summed E-state index contributed by atoms with van der Waals surface area (Å²) in [5, 5.41) is 11.9. The minimum Gasteiger partial charge on any atom is -0.312 e. The zero-order valence-electron chi connectivity index (χ0n) is 24.7. The molecule has 4 nitrogen and oxygen atoms in total. The molecular formula is C41H24N4S. The van der Waals surface area contributed by atoms with Gasteiger partial charge in [0.15, 0.2) is 0 Å². The van der Waals surface area contributed by atoms with E-state index in [1.165, 1.54) is 80.1 Å². The van der Waals surface area contributed by atoms with Crippen LogP contribution in [0.25, 0.3) is 97.8 Å². The van der Waals surface area contributed by atoms with Crippen molar-refractivity contribution in [3.05, 3.63) is 126 Å². The van der Waals surface area contributed by atoms with E-state index in [2.05, 4.69) is 135 Å². The van der Waals surface area contributed by atoms with Gasteiger partial charge in [-0.1, -0.05) is 78.9 Å². The first-order chi connectivity index (χ1) is 22.8. The van der Waals surface area contributed by atoms with Crippen LogP contribution in [-0.2, 0) is 6.42 Å². The summed E-state index contributed by atoms with van der Waals surface area (Å²) >= 11 is 1.92. The number of para-hydroxylation sites is 3. The van der Waals surface area contributed by atoms with Crippen molar-refractivity contribution < 1.29 is 0 Å². The number of thiophene rings is 1. The van der Waals surface area contributed by atoms with Crippen molar-refractivity contribution in [1.29, 1.82) is 0 Å². The molecule has 1 aliphatic rings. The lowest BCUT2D eigenvalue weighted by Gasteiger charge is -2.15. The molecule has 11 aromatic rings. The molecule has 5 aromatic heterocycles. The Morgan fingerprint density at radius 2 is 1.35 bits per heavy atom. The zero-order valence-corrected chi connectivity index (χ0v) is 25.5. The Labute approximate surface area is 266 Å². The molecule has 6 aromatic carbocycles. The predicted octanol–water partition coefficient (Wildman–Crippen LogP) is 9.93. The molecular weight excluding hydrogens is 581 g/mol. The molecule has 46 heavy (non-hydrogen) atoms. The minimum absolute atomic E-state index is 0.934. The van der Waals surface area contributed by atoms with Crippen molar-refractivity contribution in [3.63, 3.8) is 0 Å². The first-order valence-electron chi connectivity index (χ1n) is 16.0. The topological polar surface area (TPSA) is 27.2 Å². The third-order valence-corrected chi connectivity index (χ3v) is 11.5. The Morgan fingerprint density at radius 1 is 0.565 bits per heavy atom. The monoisotopic (exact) mass is 604 g/mol. The number of rotatable bonds is 2. The molecule has 5 heterocycles. The maximum atomic E-state index is 5.44. The van der Waals surface area contributed by atoms with Crippen LogP contribution in [0.3, 0.4) is 0 Å². The third kappa shape index (κ3) is 2.68. The second kappa shape index (κ2) is 8.13. The average Bonchev–Trinajstić information content (AvgIpc) is 3.82. The molecule has 0 atom stereocenters. The van der Waals surface area contributed by atoms with Gasteiger partial charge in [0.2, 0.25) is 5.95 Å². The zero-order chi connectivity index (χ0) is 29.7. The maximum Gasteiger partial charge on any atom is 0.220 e. The Kier molecular flexibility index (Phi) is 4.19. The molecule has 0 radical (unpaired) electrons. The first kappa shape index (κ1) is 23.7. The standard InChI is InChI=1S/C41H24N4S/c1-2-11-24-23(9-1)10-7-16-28(24)44-30-15-6-4-13-27(30)42-41(44)45-32-18-8-17-31-36(32)37-33(45)20-22-34-38(37)39-35(46-34)21-19-26-25-12-3-5-14-29(25)43(31)40(26)39/h1-7,9-16,18-22H,8,17H2. The van der Waals surface area contributed by atoms with Crippen molar-refractivity contribution in [2.75, 3.05) is 0 Å². The van der Waals surface area contributed by atoms with Gasteiger partial charge < -0.3 is 4.40 Å². The van der Waals surface area contributed by atoms with Crippen LogP contribution in [0.15, 0.2) is 115 Å². The van der Waals surface area contributed by atoms with E-state index in [9.17, 15) is 0 Å². The van der Waals surface area contributed by atoms with Gasteiger partial charge in [-0.2, -0.15) is 0 Å². The van der Waals surface area contributed by atoms with Gasteiger partial charge in [-0.05, 0) is 60.7 Å². The van der Waals surface area contributed by atoms with E-state index in [1.807, 2.05) is 11.3 Å². The average molecular weight is 605 g/mol. The number of fused-ring (bicyclic) bond motifs is 6. The van der Waals surface area contributed by atoms with Gasteiger partial charge in [-0.3, -0.25) is 9.13 Å². The van der Waals surface area contributed by atoms with Crippen molar-refractivity contribution >= 4 is 97.5 Å². The number of hydrogen-bond acceptors (Lipinski definition) is 2. The highest BCUT2D eigenvalue weighted by Gasteiger charge is 2.28. The van der Waals surface area contributed by atoms with E-state index in [-0.39, 0.29) is 0 Å². The Morgan fingerprint density at radius 3 is 2.30 bits per heavy atom. The molecule has 0 saturated carbocycles. The molecule has 0 fully saturated rings. The summed E-state index contributed by atoms with van der Waals surface area (Å²) in [4.78, 5) is 5.44. The molecule has 12 rings (SSSR count). The molecule has 5 heteroatoms. The summed E-state index contributed by atoms with van der Waals surface area (Å²) < 4.78 is 10.2. The molecule has 1 aliphatic carbocycles. The van der Waals surface area contributed by atoms with Gasteiger partial charge in [0.25, 0.3) is 0 Å². The Bertz CT molecular complexity index is 3140. The summed E-state index contributed by atoms with van der Waals surface area (Å²) in [6.45, 7) is 0. The number of nitrogens with zero attached hydrogens (tertiary/aromatic N) is 4. The largest absolute Gasteiger partial charge is 0.312 e. The van der Waals surface area contributed by atoms with Gasteiger partial charge in [0, 0.05) is 52.8 Å². The highest BCUT2D eigenvalue weighted by atomic mass is 32.1. The molecule has 0 unspecified atom stereocenters. The maximum absolute atomic E-state index is 5.44. The fraction of sp³-hybridized carbons (Fsp3) is 0.0488. The summed E-state index contributed by atoms with van der Waals surface area (Å²) in [6, 6.07) is 42.2. The number of benzene rings is 6. The molecule has 0 saturated heterocycles. The van der Waals surface area contributed by atoms with E-state index >= 15 is 0 Å². The van der Waals surface area contributed by atoms with Crippen LogP contribution >= 0.6 is 11.3 Å². The van der Waals surface area contributed by atoms with Crippen molar-refractivity contribution in [1.82, 2.24) is 18.5 Å². The van der Waals surface area contributed by atoms with Crippen LogP contribution in [0.5, 0.6) is 0 Å². The summed E-state index contributed by atoms with van der Waals surface area (Å²) in [6.07, 6.45) is 4.44. The smallest absolute Gasteiger partial charge is 0.220 e. The van der Waals surface area contributed by atoms with Gasteiger partial charge in [-0.15, -0.1) is 11.3 Å². The first-order valence-corrected chi connectivity index (χ1v) is 16.8. The fourth-order valence-corrected chi connectivity index (χ4v) is 9.79. The number of imidazole rings is 1. The summed E-state index contributed by atoms with van der Waals surface area (Å²) in [5.74, 6) is 0.934. The fourth-order valence-electron chi connectivity index (χ4n) is 8.68. The lowest BCUT2D eigenvalue weighted by molar-refractivity contribution is 0.893. The molecule has 0 amide bonds. The second-order valence-electron chi connectivity index (χ2n) is 12.6. The Balaban J connectivity index is 1.35. The van der Waals surface area contributed by atoms with Crippen molar-refractivity contribution in [2.45, 2.75) is 12.8 Å². The third-order valence-electron chi connectivity index (χ3n) is 10.4. The normalized spacial score (nSPS) is 13.7. The van der Waals surface area contributed by atoms with E-state index in [1.54, 1.807) is 0 Å². The molecule has 0 bridgehead atoms. The van der Waals surface area contributed by atoms with E-state index in [0.29, 0.717) is 0 Å². The lowest BCUT2D eigenvalue weighted by atomic mass is 10.0. The SMILES string of the molecule is C1=c2c3c(n4c5ccccc5c5ccc6sc7ccc(c3c7c6c54)n2-c2nc3ccccc3n2-c2cccc3ccccc23)CC1. The van der Waals surface area contributed by atoms with Crippen LogP contribution in [0.4, 0.5) is 0 Å². The predicted molar refractivity (Wildman–Crippen MR) is 193 cm³/mol. The second-order valence-corrected chi connectivity index (χ2v) is 13.7. The van der Waals surface area contributed by atoms with Crippen molar-refractivity contribution in [2.24, 2.45) is 0 Å². The van der Waals surface area contributed by atoms with Crippen LogP contribution in [-0.4, -0.2) is 18.5 Å².